The van der Waals surface area contributed by atoms with E-state index in [4.69, 9.17) is 4.74 Å². The zero-order chi connectivity index (χ0) is 15.6. The second kappa shape index (κ2) is 6.30. The molecular weight excluding hydrogens is 280 g/mol. The molecule has 2 saturated heterocycles. The van der Waals surface area contributed by atoms with Crippen molar-refractivity contribution >= 4 is 5.91 Å². The van der Waals surface area contributed by atoms with Crippen LogP contribution in [-0.2, 0) is 4.74 Å². The van der Waals surface area contributed by atoms with E-state index < -0.39 is 0 Å². The molecule has 0 saturated carbocycles. The third-order valence-corrected chi connectivity index (χ3v) is 4.96. The number of amides is 1. The van der Waals surface area contributed by atoms with Crippen LogP contribution < -0.4 is 0 Å². The molecule has 1 aromatic rings. The standard InChI is InChI=1S/C16H24N4O2/c1-19(2)10-13-11-20(12-16(13)3-7-22-8-4-16)15(21)14-9-17-5-6-18-14/h5-6,9,13H,3-4,7-8,10-12H2,1-2H3/t13-/m0/s1. The lowest BCUT2D eigenvalue weighted by molar-refractivity contribution is -0.00453. The van der Waals surface area contributed by atoms with Crippen molar-refractivity contribution in [2.24, 2.45) is 11.3 Å². The summed E-state index contributed by atoms with van der Waals surface area (Å²) in [6, 6.07) is 0. The Kier molecular flexibility index (Phi) is 4.40. The van der Waals surface area contributed by atoms with Crippen molar-refractivity contribution in [2.75, 3.05) is 46.9 Å². The number of ether oxygens (including phenoxy) is 1. The summed E-state index contributed by atoms with van der Waals surface area (Å²) in [5.74, 6) is 0.493. The van der Waals surface area contributed by atoms with E-state index in [2.05, 4.69) is 29.0 Å². The van der Waals surface area contributed by atoms with Gasteiger partial charge in [0.05, 0.1) is 6.20 Å². The van der Waals surface area contributed by atoms with Crippen LogP contribution >= 0.6 is 0 Å². The maximum atomic E-state index is 12.7. The summed E-state index contributed by atoms with van der Waals surface area (Å²) < 4.78 is 5.55. The Bertz CT molecular complexity index is 514. The monoisotopic (exact) mass is 304 g/mol. The summed E-state index contributed by atoms with van der Waals surface area (Å²) in [6.07, 6.45) is 6.80. The van der Waals surface area contributed by atoms with Crippen molar-refractivity contribution in [2.45, 2.75) is 12.8 Å². The molecule has 2 aliphatic rings. The van der Waals surface area contributed by atoms with Crippen LogP contribution in [0.1, 0.15) is 23.3 Å². The third kappa shape index (κ3) is 2.98. The molecule has 1 spiro atoms. The van der Waals surface area contributed by atoms with E-state index >= 15 is 0 Å². The van der Waals surface area contributed by atoms with E-state index in [9.17, 15) is 4.79 Å². The van der Waals surface area contributed by atoms with Crippen LogP contribution in [0.5, 0.6) is 0 Å². The Hall–Kier alpha value is -1.53. The summed E-state index contributed by atoms with van der Waals surface area (Å²) in [5.41, 5.74) is 0.635. The average Bonchev–Trinajstić information content (AvgIpc) is 2.85. The Balaban J connectivity index is 1.79. The SMILES string of the molecule is CN(C)C[C@H]1CN(C(=O)c2cnccn2)CC12CCOCC2. The summed E-state index contributed by atoms with van der Waals surface area (Å²) in [4.78, 5) is 25.0. The first-order chi connectivity index (χ1) is 10.6. The van der Waals surface area contributed by atoms with Gasteiger partial charge in [-0.3, -0.25) is 9.78 Å². The average molecular weight is 304 g/mol. The summed E-state index contributed by atoms with van der Waals surface area (Å²) in [7, 11) is 4.19. The molecule has 0 radical (unpaired) electrons. The lowest BCUT2D eigenvalue weighted by Gasteiger charge is -2.38. The topological polar surface area (TPSA) is 58.6 Å². The first-order valence-corrected chi connectivity index (χ1v) is 7.88. The molecule has 3 rings (SSSR count). The van der Waals surface area contributed by atoms with Gasteiger partial charge in [0.2, 0.25) is 0 Å². The van der Waals surface area contributed by atoms with Crippen molar-refractivity contribution in [1.29, 1.82) is 0 Å². The highest BCUT2D eigenvalue weighted by atomic mass is 16.5. The zero-order valence-electron chi connectivity index (χ0n) is 13.4. The maximum Gasteiger partial charge on any atom is 0.274 e. The molecule has 120 valence electrons. The van der Waals surface area contributed by atoms with Crippen LogP contribution in [0.4, 0.5) is 0 Å². The van der Waals surface area contributed by atoms with Crippen LogP contribution in [0, 0.1) is 11.3 Å². The number of likely N-dealkylation sites (tertiary alicyclic amines) is 1. The Morgan fingerprint density at radius 2 is 2.18 bits per heavy atom. The minimum absolute atomic E-state index is 0.000206. The van der Waals surface area contributed by atoms with Gasteiger partial charge in [-0.2, -0.15) is 0 Å². The van der Waals surface area contributed by atoms with Crippen molar-refractivity contribution in [3.8, 4) is 0 Å². The lowest BCUT2D eigenvalue weighted by Crippen LogP contribution is -2.40. The number of hydrogen-bond donors (Lipinski definition) is 0. The fourth-order valence-electron chi connectivity index (χ4n) is 3.80. The number of carbonyl (C=O) groups excluding carboxylic acids is 1. The highest BCUT2D eigenvalue weighted by molar-refractivity contribution is 5.92. The van der Waals surface area contributed by atoms with E-state index in [0.29, 0.717) is 11.6 Å². The number of rotatable bonds is 3. The molecule has 0 bridgehead atoms. The van der Waals surface area contributed by atoms with Crippen LogP contribution in [0.2, 0.25) is 0 Å². The fourth-order valence-corrected chi connectivity index (χ4v) is 3.80. The van der Waals surface area contributed by atoms with Crippen LogP contribution in [0.25, 0.3) is 0 Å². The number of hydrogen-bond acceptors (Lipinski definition) is 5. The fraction of sp³-hybridized carbons (Fsp3) is 0.688. The van der Waals surface area contributed by atoms with Crippen LogP contribution in [-0.4, -0.2) is 72.6 Å². The number of nitrogens with zero attached hydrogens (tertiary/aromatic N) is 4. The molecule has 0 N–H and O–H groups in total. The molecule has 0 aliphatic carbocycles. The number of carbonyl (C=O) groups is 1. The molecule has 1 amide bonds. The minimum atomic E-state index is 0.000206. The summed E-state index contributed by atoms with van der Waals surface area (Å²) in [6.45, 7) is 4.22. The van der Waals surface area contributed by atoms with Gasteiger partial charge in [0, 0.05) is 45.2 Å². The van der Waals surface area contributed by atoms with Crippen LogP contribution in [0.3, 0.4) is 0 Å². The molecule has 6 nitrogen and oxygen atoms in total. The van der Waals surface area contributed by atoms with Crippen molar-refractivity contribution in [3.63, 3.8) is 0 Å². The predicted molar refractivity (Wildman–Crippen MR) is 82.5 cm³/mol. The van der Waals surface area contributed by atoms with E-state index in [0.717, 1.165) is 45.7 Å². The highest BCUT2D eigenvalue weighted by Gasteiger charge is 2.48. The van der Waals surface area contributed by atoms with E-state index in [1.54, 1.807) is 18.6 Å². The first-order valence-electron chi connectivity index (χ1n) is 7.88. The van der Waals surface area contributed by atoms with Gasteiger partial charge in [0.15, 0.2) is 0 Å². The van der Waals surface area contributed by atoms with E-state index in [1.807, 2.05) is 4.90 Å². The van der Waals surface area contributed by atoms with Gasteiger partial charge in [0.25, 0.3) is 5.91 Å². The smallest absolute Gasteiger partial charge is 0.274 e. The number of aromatic nitrogens is 2. The molecule has 0 unspecified atom stereocenters. The third-order valence-electron chi connectivity index (χ3n) is 4.96. The molecule has 6 heteroatoms. The Labute approximate surface area is 131 Å². The van der Waals surface area contributed by atoms with Gasteiger partial charge in [0.1, 0.15) is 5.69 Å². The molecule has 22 heavy (non-hydrogen) atoms. The quantitative estimate of drug-likeness (QED) is 0.830. The van der Waals surface area contributed by atoms with E-state index in [1.165, 1.54) is 0 Å². The predicted octanol–water partition coefficient (Wildman–Crippen LogP) is 0.907. The summed E-state index contributed by atoms with van der Waals surface area (Å²) in [5, 5.41) is 0. The maximum absolute atomic E-state index is 12.7. The van der Waals surface area contributed by atoms with Gasteiger partial charge in [-0.1, -0.05) is 0 Å². The molecular formula is C16H24N4O2. The summed E-state index contributed by atoms with van der Waals surface area (Å²) >= 11 is 0. The van der Waals surface area contributed by atoms with Crippen molar-refractivity contribution in [1.82, 2.24) is 19.8 Å². The van der Waals surface area contributed by atoms with Gasteiger partial charge >= 0.3 is 0 Å². The molecule has 1 atom stereocenters. The van der Waals surface area contributed by atoms with Gasteiger partial charge in [-0.15, -0.1) is 0 Å². The van der Waals surface area contributed by atoms with Crippen molar-refractivity contribution in [3.05, 3.63) is 24.3 Å². The molecule has 0 aromatic carbocycles. The second-order valence-electron chi connectivity index (χ2n) is 6.71. The Morgan fingerprint density at radius 3 is 2.82 bits per heavy atom. The van der Waals surface area contributed by atoms with Gasteiger partial charge < -0.3 is 14.5 Å². The van der Waals surface area contributed by atoms with Gasteiger partial charge in [-0.25, -0.2) is 4.98 Å². The molecule has 3 heterocycles. The Morgan fingerprint density at radius 1 is 1.41 bits per heavy atom. The molecule has 1 aromatic heterocycles. The minimum Gasteiger partial charge on any atom is -0.381 e. The molecule has 2 fully saturated rings. The first kappa shape index (κ1) is 15.4. The lowest BCUT2D eigenvalue weighted by atomic mass is 9.72. The normalized spacial score (nSPS) is 24.1. The van der Waals surface area contributed by atoms with Crippen LogP contribution in [0.15, 0.2) is 18.6 Å². The van der Waals surface area contributed by atoms with Gasteiger partial charge in [-0.05, 0) is 38.3 Å². The van der Waals surface area contributed by atoms with Crippen molar-refractivity contribution < 1.29 is 9.53 Å². The largest absolute Gasteiger partial charge is 0.381 e. The zero-order valence-corrected chi connectivity index (χ0v) is 13.4. The molecule has 2 aliphatic heterocycles. The van der Waals surface area contributed by atoms with E-state index in [-0.39, 0.29) is 11.3 Å². The highest BCUT2D eigenvalue weighted by Crippen LogP contribution is 2.44. The second-order valence-corrected chi connectivity index (χ2v) is 6.71.